The zero-order chi connectivity index (χ0) is 12.4. The molecule has 0 spiro atoms. The van der Waals surface area contributed by atoms with E-state index in [-0.39, 0.29) is 0 Å². The lowest BCUT2D eigenvalue weighted by Crippen LogP contribution is -1.91. The van der Waals surface area contributed by atoms with Crippen LogP contribution >= 0.6 is 43.5 Å². The Bertz CT molecular complexity index is 511. The van der Waals surface area contributed by atoms with Crippen molar-refractivity contribution in [2.45, 2.75) is 6.92 Å². The molecule has 2 nitrogen and oxygen atoms in total. The highest BCUT2D eigenvalue weighted by atomic mass is 79.9. The van der Waals surface area contributed by atoms with Crippen LogP contribution in [0.5, 0.6) is 11.6 Å². The molecule has 0 amide bonds. The Labute approximate surface area is 121 Å². The van der Waals surface area contributed by atoms with Gasteiger partial charge in [-0.05, 0) is 63.0 Å². The van der Waals surface area contributed by atoms with Gasteiger partial charge >= 0.3 is 0 Å². The Balaban J connectivity index is 2.31. The van der Waals surface area contributed by atoms with Crippen molar-refractivity contribution < 1.29 is 4.74 Å². The molecule has 2 aromatic rings. The fraction of sp³-hybridized carbons (Fsp3) is 0.0833. The zero-order valence-corrected chi connectivity index (χ0v) is 12.8. The van der Waals surface area contributed by atoms with Crippen LogP contribution in [0.25, 0.3) is 0 Å². The molecular weight excluding hydrogens is 369 g/mol. The highest BCUT2D eigenvalue weighted by molar-refractivity contribution is 9.10. The van der Waals surface area contributed by atoms with E-state index in [1.807, 2.05) is 13.0 Å². The Morgan fingerprint density at radius 2 is 2.00 bits per heavy atom. The molecule has 1 heterocycles. The molecule has 88 valence electrons. The molecule has 5 heteroatoms. The number of hydrogen-bond donors (Lipinski definition) is 0. The first-order valence-corrected chi connectivity index (χ1v) is 6.78. The fourth-order valence-corrected chi connectivity index (χ4v) is 2.51. The number of halogens is 3. The third-order valence-corrected chi connectivity index (χ3v) is 3.39. The predicted octanol–water partition coefficient (Wildman–Crippen LogP) is 5.36. The maximum atomic E-state index is 5.86. The normalized spacial score (nSPS) is 10.4. The van der Waals surface area contributed by atoms with Gasteiger partial charge in [0.2, 0.25) is 5.88 Å². The smallest absolute Gasteiger partial charge is 0.222 e. The van der Waals surface area contributed by atoms with E-state index in [1.165, 1.54) is 0 Å². The molecule has 0 N–H and O–H groups in total. The summed E-state index contributed by atoms with van der Waals surface area (Å²) < 4.78 is 7.44. The van der Waals surface area contributed by atoms with Crippen molar-refractivity contribution >= 4 is 43.5 Å². The average Bonchev–Trinajstić information content (AvgIpc) is 2.25. The number of aromatic nitrogens is 1. The molecule has 0 saturated heterocycles. The van der Waals surface area contributed by atoms with Crippen LogP contribution in [0.1, 0.15) is 5.56 Å². The Morgan fingerprint density at radius 3 is 2.65 bits per heavy atom. The fourth-order valence-electron chi connectivity index (χ4n) is 1.30. The SMILES string of the molecule is Cc1cc(Br)cnc1Oc1ccc(Cl)cc1Br. The van der Waals surface area contributed by atoms with Crippen molar-refractivity contribution in [3.63, 3.8) is 0 Å². The maximum Gasteiger partial charge on any atom is 0.222 e. The molecule has 2 rings (SSSR count). The number of aryl methyl sites for hydroxylation is 1. The molecule has 0 unspecified atom stereocenters. The van der Waals surface area contributed by atoms with Gasteiger partial charge in [0.05, 0.1) is 4.47 Å². The van der Waals surface area contributed by atoms with Crippen molar-refractivity contribution in [1.29, 1.82) is 0 Å². The minimum absolute atomic E-state index is 0.580. The van der Waals surface area contributed by atoms with Gasteiger partial charge in [-0.1, -0.05) is 11.6 Å². The van der Waals surface area contributed by atoms with Gasteiger partial charge in [0.1, 0.15) is 5.75 Å². The summed E-state index contributed by atoms with van der Waals surface area (Å²) in [6, 6.07) is 7.31. The van der Waals surface area contributed by atoms with E-state index in [1.54, 1.807) is 24.4 Å². The lowest BCUT2D eigenvalue weighted by molar-refractivity contribution is 0.456. The second-order valence-corrected chi connectivity index (χ2v) is 5.66. The Kier molecular flexibility index (Phi) is 4.07. The van der Waals surface area contributed by atoms with Gasteiger partial charge in [0.15, 0.2) is 0 Å². The number of nitrogens with zero attached hydrogens (tertiary/aromatic N) is 1. The largest absolute Gasteiger partial charge is 0.438 e. The van der Waals surface area contributed by atoms with E-state index in [2.05, 4.69) is 36.8 Å². The van der Waals surface area contributed by atoms with Crippen molar-refractivity contribution in [2.75, 3.05) is 0 Å². The first-order chi connectivity index (χ1) is 8.06. The lowest BCUT2D eigenvalue weighted by Gasteiger charge is -2.09. The topological polar surface area (TPSA) is 22.1 Å². The maximum absolute atomic E-state index is 5.86. The van der Waals surface area contributed by atoms with Crippen molar-refractivity contribution in [2.24, 2.45) is 0 Å². The number of benzene rings is 1. The van der Waals surface area contributed by atoms with Crippen molar-refractivity contribution in [3.05, 3.63) is 50.0 Å². The molecule has 0 aliphatic heterocycles. The van der Waals surface area contributed by atoms with Gasteiger partial charge in [-0.15, -0.1) is 0 Å². The van der Waals surface area contributed by atoms with Gasteiger partial charge in [0.25, 0.3) is 0 Å². The average molecular weight is 377 g/mol. The summed E-state index contributed by atoms with van der Waals surface area (Å²) in [5.41, 5.74) is 0.959. The van der Waals surface area contributed by atoms with Gasteiger partial charge in [-0.2, -0.15) is 0 Å². The van der Waals surface area contributed by atoms with Crippen LogP contribution in [0.3, 0.4) is 0 Å². The highest BCUT2D eigenvalue weighted by Crippen LogP contribution is 2.32. The summed E-state index contributed by atoms with van der Waals surface area (Å²) in [7, 11) is 0. The standard InChI is InChI=1S/C12H8Br2ClNO/c1-7-4-8(13)6-16-12(7)17-11-3-2-9(15)5-10(11)14/h2-6H,1H3. The quantitative estimate of drug-likeness (QED) is 0.703. The monoisotopic (exact) mass is 375 g/mol. The lowest BCUT2D eigenvalue weighted by atomic mass is 10.3. The molecule has 0 atom stereocenters. The summed E-state index contributed by atoms with van der Waals surface area (Å²) in [4.78, 5) is 4.21. The van der Waals surface area contributed by atoms with Crippen LogP contribution in [-0.4, -0.2) is 4.98 Å². The first-order valence-electron chi connectivity index (χ1n) is 4.81. The van der Waals surface area contributed by atoms with Crippen LogP contribution in [0.4, 0.5) is 0 Å². The second kappa shape index (κ2) is 5.38. The Morgan fingerprint density at radius 1 is 1.24 bits per heavy atom. The molecule has 1 aromatic carbocycles. The highest BCUT2D eigenvalue weighted by Gasteiger charge is 2.07. The van der Waals surface area contributed by atoms with Gasteiger partial charge in [0, 0.05) is 21.3 Å². The molecular formula is C12H8Br2ClNO. The Hall–Kier alpha value is -0.580. The summed E-state index contributed by atoms with van der Waals surface area (Å²) in [6.07, 6.45) is 1.70. The number of ether oxygens (including phenoxy) is 1. The third-order valence-electron chi connectivity index (χ3n) is 2.10. The summed E-state index contributed by atoms with van der Waals surface area (Å²) in [6.45, 7) is 1.94. The molecule has 0 bridgehead atoms. The van der Waals surface area contributed by atoms with Crippen LogP contribution in [-0.2, 0) is 0 Å². The van der Waals surface area contributed by atoms with Gasteiger partial charge < -0.3 is 4.74 Å². The minimum Gasteiger partial charge on any atom is -0.438 e. The van der Waals surface area contributed by atoms with Gasteiger partial charge in [-0.3, -0.25) is 0 Å². The van der Waals surface area contributed by atoms with E-state index in [0.717, 1.165) is 14.5 Å². The first kappa shape index (κ1) is 12.9. The number of rotatable bonds is 2. The van der Waals surface area contributed by atoms with Crippen LogP contribution in [0.2, 0.25) is 5.02 Å². The van der Waals surface area contributed by atoms with E-state index in [0.29, 0.717) is 16.7 Å². The molecule has 17 heavy (non-hydrogen) atoms. The van der Waals surface area contributed by atoms with E-state index in [9.17, 15) is 0 Å². The van der Waals surface area contributed by atoms with E-state index in [4.69, 9.17) is 16.3 Å². The summed E-state index contributed by atoms with van der Waals surface area (Å²) in [5.74, 6) is 1.27. The molecule has 0 radical (unpaired) electrons. The van der Waals surface area contributed by atoms with Crippen molar-refractivity contribution in [1.82, 2.24) is 4.98 Å². The molecule has 0 aliphatic carbocycles. The van der Waals surface area contributed by atoms with E-state index >= 15 is 0 Å². The molecule has 1 aromatic heterocycles. The third kappa shape index (κ3) is 3.21. The minimum atomic E-state index is 0.580. The van der Waals surface area contributed by atoms with Crippen molar-refractivity contribution in [3.8, 4) is 11.6 Å². The summed E-state index contributed by atoms with van der Waals surface area (Å²) >= 11 is 12.6. The van der Waals surface area contributed by atoms with Crippen LogP contribution in [0.15, 0.2) is 39.4 Å². The predicted molar refractivity (Wildman–Crippen MR) is 75.9 cm³/mol. The van der Waals surface area contributed by atoms with Crippen LogP contribution < -0.4 is 4.74 Å². The van der Waals surface area contributed by atoms with Gasteiger partial charge in [-0.25, -0.2) is 4.98 Å². The number of pyridine rings is 1. The number of hydrogen-bond acceptors (Lipinski definition) is 2. The zero-order valence-electron chi connectivity index (χ0n) is 8.88. The van der Waals surface area contributed by atoms with Crippen LogP contribution in [0, 0.1) is 6.92 Å². The summed E-state index contributed by atoms with van der Waals surface area (Å²) in [5, 5.41) is 0.657. The molecule has 0 fully saturated rings. The molecule has 0 saturated carbocycles. The van der Waals surface area contributed by atoms with E-state index < -0.39 is 0 Å². The second-order valence-electron chi connectivity index (χ2n) is 3.45. The molecule has 0 aliphatic rings.